The largest absolute Gasteiger partial charge is 0.388 e. The molecule has 1 fully saturated rings. The van der Waals surface area contributed by atoms with Gasteiger partial charge in [-0.2, -0.15) is 0 Å². The van der Waals surface area contributed by atoms with E-state index < -0.39 is 11.6 Å². The van der Waals surface area contributed by atoms with Crippen LogP contribution in [-0.2, 0) is 4.79 Å². The zero-order valence-electron chi connectivity index (χ0n) is 11.0. The third-order valence-electron chi connectivity index (χ3n) is 3.98. The molecule has 0 aromatic rings. The SMILES string of the molecule is CCC1CCC(O)(CNC(=O)C(N)CC)CC1. The molecule has 0 aromatic carbocycles. The van der Waals surface area contributed by atoms with Crippen LogP contribution in [0.25, 0.3) is 0 Å². The Balaban J connectivity index is 2.34. The van der Waals surface area contributed by atoms with E-state index in [-0.39, 0.29) is 5.91 Å². The van der Waals surface area contributed by atoms with E-state index in [1.807, 2.05) is 6.92 Å². The highest BCUT2D eigenvalue weighted by molar-refractivity contribution is 5.81. The molecule has 1 rings (SSSR count). The summed E-state index contributed by atoms with van der Waals surface area (Å²) in [5, 5.41) is 13.1. The van der Waals surface area contributed by atoms with Crippen molar-refractivity contribution in [2.45, 2.75) is 64.0 Å². The topological polar surface area (TPSA) is 75.3 Å². The molecule has 1 aliphatic carbocycles. The Kier molecular flexibility index (Phi) is 5.40. The number of carbonyl (C=O) groups excluding carboxylic acids is 1. The fraction of sp³-hybridized carbons (Fsp3) is 0.923. The summed E-state index contributed by atoms with van der Waals surface area (Å²) < 4.78 is 0. The molecule has 1 amide bonds. The lowest BCUT2D eigenvalue weighted by Crippen LogP contribution is -2.49. The molecule has 1 atom stereocenters. The molecule has 1 unspecified atom stereocenters. The summed E-state index contributed by atoms with van der Waals surface area (Å²) in [6, 6.07) is -0.453. The molecule has 0 spiro atoms. The highest BCUT2D eigenvalue weighted by atomic mass is 16.3. The maximum atomic E-state index is 11.5. The minimum absolute atomic E-state index is 0.154. The van der Waals surface area contributed by atoms with Crippen LogP contribution in [0.5, 0.6) is 0 Å². The van der Waals surface area contributed by atoms with Gasteiger partial charge < -0.3 is 16.2 Å². The second kappa shape index (κ2) is 6.36. The molecule has 1 saturated carbocycles. The van der Waals surface area contributed by atoms with Crippen LogP contribution < -0.4 is 11.1 Å². The zero-order chi connectivity index (χ0) is 12.9. The summed E-state index contributed by atoms with van der Waals surface area (Å²) in [6.45, 7) is 4.42. The van der Waals surface area contributed by atoms with Crippen molar-refractivity contribution < 1.29 is 9.90 Å². The zero-order valence-corrected chi connectivity index (χ0v) is 11.0. The average Bonchev–Trinajstić information content (AvgIpc) is 2.36. The van der Waals surface area contributed by atoms with Gasteiger partial charge >= 0.3 is 0 Å². The van der Waals surface area contributed by atoms with Crippen LogP contribution in [0.2, 0.25) is 0 Å². The second-order valence-corrected chi connectivity index (χ2v) is 5.31. The van der Waals surface area contributed by atoms with Crippen molar-refractivity contribution in [1.82, 2.24) is 5.32 Å². The molecule has 0 heterocycles. The van der Waals surface area contributed by atoms with E-state index in [0.717, 1.165) is 31.6 Å². The van der Waals surface area contributed by atoms with E-state index in [1.165, 1.54) is 6.42 Å². The van der Waals surface area contributed by atoms with E-state index >= 15 is 0 Å². The predicted molar refractivity (Wildman–Crippen MR) is 68.5 cm³/mol. The van der Waals surface area contributed by atoms with Crippen LogP contribution in [-0.4, -0.2) is 29.2 Å². The summed E-state index contributed by atoms with van der Waals surface area (Å²) in [5.74, 6) is 0.586. The number of aliphatic hydroxyl groups is 1. The fourth-order valence-electron chi connectivity index (χ4n) is 2.37. The minimum atomic E-state index is -0.714. The van der Waals surface area contributed by atoms with Gasteiger partial charge in [-0.1, -0.05) is 20.3 Å². The molecule has 17 heavy (non-hydrogen) atoms. The first kappa shape index (κ1) is 14.5. The molecular formula is C13H26N2O2. The standard InChI is InChI=1S/C13H26N2O2/c1-3-10-5-7-13(17,8-6-10)9-15-12(16)11(14)4-2/h10-11,17H,3-9,14H2,1-2H3,(H,15,16). The molecule has 1 aliphatic rings. The quantitative estimate of drug-likeness (QED) is 0.677. The smallest absolute Gasteiger partial charge is 0.237 e. The molecule has 100 valence electrons. The molecule has 0 bridgehead atoms. The second-order valence-electron chi connectivity index (χ2n) is 5.31. The van der Waals surface area contributed by atoms with Gasteiger partial charge in [0.25, 0.3) is 0 Å². The third-order valence-corrected chi connectivity index (χ3v) is 3.98. The lowest BCUT2D eigenvalue weighted by Gasteiger charge is -2.36. The van der Waals surface area contributed by atoms with Crippen molar-refractivity contribution >= 4 is 5.91 Å². The van der Waals surface area contributed by atoms with Gasteiger partial charge in [-0.05, 0) is 38.0 Å². The van der Waals surface area contributed by atoms with Crippen molar-refractivity contribution in [3.05, 3.63) is 0 Å². The Labute approximate surface area is 104 Å². The normalized spacial score (nSPS) is 30.9. The molecule has 0 aromatic heterocycles. The van der Waals surface area contributed by atoms with Crippen molar-refractivity contribution in [1.29, 1.82) is 0 Å². The molecule has 0 radical (unpaired) electrons. The van der Waals surface area contributed by atoms with Crippen LogP contribution in [0.1, 0.15) is 52.4 Å². The van der Waals surface area contributed by atoms with Gasteiger partial charge in [-0.25, -0.2) is 0 Å². The van der Waals surface area contributed by atoms with Gasteiger partial charge in [-0.3, -0.25) is 4.79 Å². The molecular weight excluding hydrogens is 216 g/mol. The summed E-state index contributed by atoms with van der Waals surface area (Å²) in [4.78, 5) is 11.5. The average molecular weight is 242 g/mol. The first-order valence-corrected chi connectivity index (χ1v) is 6.76. The maximum absolute atomic E-state index is 11.5. The van der Waals surface area contributed by atoms with Crippen LogP contribution in [0, 0.1) is 5.92 Å². The van der Waals surface area contributed by atoms with Gasteiger partial charge in [0.1, 0.15) is 0 Å². The molecule has 0 saturated heterocycles. The Hall–Kier alpha value is -0.610. The van der Waals surface area contributed by atoms with Crippen molar-refractivity contribution in [2.24, 2.45) is 11.7 Å². The van der Waals surface area contributed by atoms with Gasteiger partial charge in [0.15, 0.2) is 0 Å². The minimum Gasteiger partial charge on any atom is -0.388 e. The number of nitrogens with two attached hydrogens (primary N) is 1. The Morgan fingerprint density at radius 2 is 2.06 bits per heavy atom. The van der Waals surface area contributed by atoms with E-state index in [0.29, 0.717) is 13.0 Å². The molecule has 0 aliphatic heterocycles. The molecule has 4 N–H and O–H groups in total. The van der Waals surface area contributed by atoms with E-state index in [9.17, 15) is 9.90 Å². The van der Waals surface area contributed by atoms with Crippen molar-refractivity contribution in [3.8, 4) is 0 Å². The lowest BCUT2D eigenvalue weighted by molar-refractivity contribution is -0.124. The summed E-state index contributed by atoms with van der Waals surface area (Å²) >= 11 is 0. The van der Waals surface area contributed by atoms with Gasteiger partial charge in [0, 0.05) is 6.54 Å². The van der Waals surface area contributed by atoms with Gasteiger partial charge in [-0.15, -0.1) is 0 Å². The van der Waals surface area contributed by atoms with E-state index in [4.69, 9.17) is 5.73 Å². The van der Waals surface area contributed by atoms with Crippen molar-refractivity contribution in [2.75, 3.05) is 6.54 Å². The van der Waals surface area contributed by atoms with Crippen LogP contribution in [0.15, 0.2) is 0 Å². The Bertz CT molecular complexity index is 248. The number of hydrogen-bond acceptors (Lipinski definition) is 3. The Morgan fingerprint density at radius 3 is 2.53 bits per heavy atom. The number of amides is 1. The van der Waals surface area contributed by atoms with Crippen molar-refractivity contribution in [3.63, 3.8) is 0 Å². The summed E-state index contributed by atoms with van der Waals surface area (Å²) in [7, 11) is 0. The highest BCUT2D eigenvalue weighted by Crippen LogP contribution is 2.33. The monoisotopic (exact) mass is 242 g/mol. The van der Waals surface area contributed by atoms with Crippen LogP contribution >= 0.6 is 0 Å². The summed E-state index contributed by atoms with van der Waals surface area (Å²) in [6.07, 6.45) is 5.50. The fourth-order valence-corrected chi connectivity index (χ4v) is 2.37. The lowest BCUT2D eigenvalue weighted by atomic mass is 9.78. The first-order valence-electron chi connectivity index (χ1n) is 6.76. The Morgan fingerprint density at radius 1 is 1.47 bits per heavy atom. The molecule has 4 nitrogen and oxygen atoms in total. The predicted octanol–water partition coefficient (Wildman–Crippen LogP) is 1.17. The van der Waals surface area contributed by atoms with E-state index in [2.05, 4.69) is 12.2 Å². The van der Waals surface area contributed by atoms with Gasteiger partial charge in [0.2, 0.25) is 5.91 Å². The van der Waals surface area contributed by atoms with E-state index in [1.54, 1.807) is 0 Å². The number of rotatable bonds is 5. The number of hydrogen-bond donors (Lipinski definition) is 3. The van der Waals surface area contributed by atoms with Crippen LogP contribution in [0.3, 0.4) is 0 Å². The summed E-state index contributed by atoms with van der Waals surface area (Å²) in [5.41, 5.74) is 4.91. The number of nitrogens with one attached hydrogen (secondary N) is 1. The van der Waals surface area contributed by atoms with Gasteiger partial charge in [0.05, 0.1) is 11.6 Å². The first-order chi connectivity index (χ1) is 8.00. The third kappa shape index (κ3) is 4.28. The molecule has 4 heteroatoms. The van der Waals surface area contributed by atoms with Crippen LogP contribution in [0.4, 0.5) is 0 Å². The maximum Gasteiger partial charge on any atom is 0.237 e. The number of carbonyl (C=O) groups is 1. The highest BCUT2D eigenvalue weighted by Gasteiger charge is 2.33.